The van der Waals surface area contributed by atoms with E-state index >= 15 is 0 Å². The highest BCUT2D eigenvalue weighted by molar-refractivity contribution is 5.91. The highest BCUT2D eigenvalue weighted by Gasteiger charge is 2.59. The third-order valence-electron chi connectivity index (χ3n) is 16.6. The number of benzene rings is 5. The average Bonchev–Trinajstić information content (AvgIpc) is 1.76. The van der Waals surface area contributed by atoms with Gasteiger partial charge in [-0.1, -0.05) is 103 Å². The van der Waals surface area contributed by atoms with Crippen molar-refractivity contribution in [2.75, 3.05) is 26.4 Å². The van der Waals surface area contributed by atoms with Crippen LogP contribution in [0.2, 0.25) is 0 Å². The highest BCUT2D eigenvalue weighted by Crippen LogP contribution is 2.45. The van der Waals surface area contributed by atoms with Crippen molar-refractivity contribution in [3.63, 3.8) is 0 Å². The fraction of sp³-hybridized carbons (Fsp3) is 0.417. The molecule has 5 aromatic carbocycles. The molecule has 548 valence electrons. The number of alkyl carbamates (subject to hydrolysis) is 1. The maximum Gasteiger partial charge on any atom is 0.407 e. The number of aliphatic carboxylic acids is 1. The Morgan fingerprint density at radius 3 is 1.31 bits per heavy atom. The van der Waals surface area contributed by atoms with Crippen LogP contribution in [-0.2, 0) is 109 Å². The van der Waals surface area contributed by atoms with Crippen LogP contribution in [0.15, 0.2) is 140 Å². The van der Waals surface area contributed by atoms with Crippen molar-refractivity contribution in [3.8, 4) is 11.1 Å². The Kier molecular flexibility index (Phi) is 26.2. The minimum absolute atomic E-state index is 0.00280. The van der Waals surface area contributed by atoms with Crippen LogP contribution >= 0.6 is 0 Å². The standard InChI is InChI=1S/C72H77N3O28/c1-36(55(65(83)84)75-72(88)92-32-51-49-30-20-18-28-47(49)48-29-19-21-31-50(48)51)93-70-57(74-38(3)77)62(103-71-64(97-43(8)82)63(96-42(7)81)60(95-41(6)80)52(100-71)33-89-39(4)78)58(94-40(5)79)54(99-70)35-91-69-56(73-37(2)76)61(102-68(87)46-26-16-11-17-27-46)59(101-67(86)45-24-14-10-15-25-45)53(98-69)34-90-66(85)44-22-12-9-13-23-44/h9-31,36,51-64,69-71H,32-35H2,1-8H3,(H,73,76)(H,74,77)(H,75,88)(H,83,84)/t36-,52-,53-,54-,55+,56-,57-,58+,59-,60+,61-,62-,63+,64-,69-,70+,71+/m1/s1. The molecule has 3 fully saturated rings. The number of rotatable bonds is 27. The van der Waals surface area contributed by atoms with Gasteiger partial charge in [-0.3, -0.25) is 33.6 Å². The van der Waals surface area contributed by atoms with Crippen molar-refractivity contribution in [1.82, 2.24) is 16.0 Å². The first kappa shape index (κ1) is 76.5. The molecule has 3 heterocycles. The molecule has 3 aliphatic heterocycles. The van der Waals surface area contributed by atoms with Gasteiger partial charge in [-0.25, -0.2) is 24.0 Å². The number of carbonyl (C=O) groups excluding carboxylic acids is 11. The molecule has 0 aromatic heterocycles. The maximum atomic E-state index is 14.4. The molecular weight excluding hydrogens is 1350 g/mol. The quantitative estimate of drug-likeness (QED) is 0.0413. The van der Waals surface area contributed by atoms with Crippen LogP contribution in [0, 0.1) is 0 Å². The zero-order chi connectivity index (χ0) is 74.2. The van der Waals surface area contributed by atoms with Gasteiger partial charge in [-0.2, -0.15) is 0 Å². The lowest BCUT2D eigenvalue weighted by Crippen LogP contribution is -2.70. The molecule has 3 amide bonds. The Balaban J connectivity index is 1.13. The molecule has 4 N–H and O–H groups in total. The Morgan fingerprint density at radius 1 is 0.408 bits per heavy atom. The monoisotopic (exact) mass is 1430 g/mol. The molecule has 0 bridgehead atoms. The fourth-order valence-corrected chi connectivity index (χ4v) is 12.3. The summed E-state index contributed by atoms with van der Waals surface area (Å²) in [5.74, 6) is -11.8. The van der Waals surface area contributed by atoms with Crippen molar-refractivity contribution in [3.05, 3.63) is 167 Å². The number of hydrogen-bond donors (Lipinski definition) is 4. The van der Waals surface area contributed by atoms with Gasteiger partial charge in [0.15, 0.2) is 61.5 Å². The smallest absolute Gasteiger partial charge is 0.407 e. The van der Waals surface area contributed by atoms with E-state index in [1.807, 2.05) is 48.5 Å². The highest BCUT2D eigenvalue weighted by atomic mass is 16.8. The first-order valence-corrected chi connectivity index (χ1v) is 32.6. The average molecular weight is 1430 g/mol. The first-order chi connectivity index (χ1) is 49.2. The molecule has 3 saturated heterocycles. The van der Waals surface area contributed by atoms with E-state index in [1.165, 1.54) is 55.5 Å². The molecule has 0 spiro atoms. The summed E-state index contributed by atoms with van der Waals surface area (Å²) in [6, 6.07) is 32.1. The molecule has 0 saturated carbocycles. The number of fused-ring (bicyclic) bond motifs is 3. The SMILES string of the molecule is CC(=O)N[C@H]1[C@@H](O[C@H](C)[C@H](NC(=O)OCC2c3ccccc3-c3ccccc32)C(=O)O)O[C@H](CO[C@@H]2O[C@H](COC(=O)c3ccccc3)[C@@H](OC(=O)c3ccccc3)[C@H](OC(=O)c3ccccc3)[C@H]2NC(C)=O)[C@H](OC(C)=O)[C@@H]1O[C@@H]1O[C@H](COC(C)=O)[C@H](OC(C)=O)[C@H](OC(C)=O)[C@H]1OC(C)=O. The second-order valence-corrected chi connectivity index (χ2v) is 24.2. The predicted octanol–water partition coefficient (Wildman–Crippen LogP) is 4.57. The largest absolute Gasteiger partial charge is 0.480 e. The molecular formula is C72H77N3O28. The summed E-state index contributed by atoms with van der Waals surface area (Å²) in [7, 11) is 0. The van der Waals surface area contributed by atoms with Gasteiger partial charge in [-0.15, -0.1) is 0 Å². The number of amides is 3. The van der Waals surface area contributed by atoms with Gasteiger partial charge in [0.05, 0.1) is 29.4 Å². The van der Waals surface area contributed by atoms with E-state index in [2.05, 4.69) is 16.0 Å². The van der Waals surface area contributed by atoms with Gasteiger partial charge in [-0.05, 0) is 65.6 Å². The normalized spacial score (nSPS) is 25.3. The van der Waals surface area contributed by atoms with Crippen molar-refractivity contribution >= 4 is 71.6 Å². The van der Waals surface area contributed by atoms with Gasteiger partial charge < -0.3 is 92.1 Å². The molecule has 31 heteroatoms. The number of ether oxygens (including phenoxy) is 15. The van der Waals surface area contributed by atoms with Gasteiger partial charge in [0.1, 0.15) is 56.3 Å². The summed E-state index contributed by atoms with van der Waals surface area (Å²) in [4.78, 5) is 162. The van der Waals surface area contributed by atoms with E-state index in [0.717, 1.165) is 70.7 Å². The van der Waals surface area contributed by atoms with Crippen molar-refractivity contribution in [1.29, 1.82) is 0 Å². The molecule has 17 atom stereocenters. The minimum Gasteiger partial charge on any atom is -0.480 e. The number of hydrogen-bond acceptors (Lipinski definition) is 27. The van der Waals surface area contributed by atoms with Crippen molar-refractivity contribution in [2.45, 2.75) is 165 Å². The van der Waals surface area contributed by atoms with Crippen molar-refractivity contribution in [2.24, 2.45) is 0 Å². The summed E-state index contributed by atoms with van der Waals surface area (Å²) < 4.78 is 91.5. The molecule has 0 radical (unpaired) electrons. The lowest BCUT2D eigenvalue weighted by molar-refractivity contribution is -0.353. The summed E-state index contributed by atoms with van der Waals surface area (Å²) in [5, 5.41) is 18.5. The Morgan fingerprint density at radius 2 is 0.816 bits per heavy atom. The van der Waals surface area contributed by atoms with Crippen molar-refractivity contribution < 1.29 is 134 Å². The van der Waals surface area contributed by atoms with E-state index in [0.29, 0.717) is 0 Å². The lowest BCUT2D eigenvalue weighted by atomic mass is 9.94. The second-order valence-electron chi connectivity index (χ2n) is 24.2. The van der Waals surface area contributed by atoms with Crippen LogP contribution in [0.1, 0.15) is 104 Å². The summed E-state index contributed by atoms with van der Waals surface area (Å²) in [5.41, 5.74) is 3.55. The zero-order valence-corrected chi connectivity index (χ0v) is 57.0. The molecule has 4 aliphatic rings. The van der Waals surface area contributed by atoms with Crippen LogP contribution in [0.3, 0.4) is 0 Å². The lowest BCUT2D eigenvalue weighted by Gasteiger charge is -2.50. The molecule has 5 aromatic rings. The van der Waals surface area contributed by atoms with Crippen LogP contribution < -0.4 is 16.0 Å². The topological polar surface area (TPSA) is 400 Å². The maximum absolute atomic E-state index is 14.4. The summed E-state index contributed by atoms with van der Waals surface area (Å²) in [6.07, 6.45) is -27.6. The van der Waals surface area contributed by atoms with Gasteiger partial charge >= 0.3 is 59.8 Å². The van der Waals surface area contributed by atoms with Gasteiger partial charge in [0.2, 0.25) is 11.8 Å². The van der Waals surface area contributed by atoms with Gasteiger partial charge in [0, 0.05) is 54.4 Å². The number of nitrogens with one attached hydrogen (secondary N) is 3. The van der Waals surface area contributed by atoms with E-state index in [-0.39, 0.29) is 23.3 Å². The van der Waals surface area contributed by atoms with E-state index in [1.54, 1.807) is 42.5 Å². The van der Waals surface area contributed by atoms with Crippen LogP contribution in [0.5, 0.6) is 0 Å². The number of esters is 8. The third-order valence-corrected chi connectivity index (χ3v) is 16.6. The summed E-state index contributed by atoms with van der Waals surface area (Å²) >= 11 is 0. The second kappa shape index (κ2) is 35.3. The molecule has 0 unspecified atom stereocenters. The minimum atomic E-state index is -2.14. The number of carboxylic acid groups (broad SMARTS) is 1. The Hall–Kier alpha value is -10.7. The van der Waals surface area contributed by atoms with Gasteiger partial charge in [0.25, 0.3) is 0 Å². The van der Waals surface area contributed by atoms with Crippen LogP contribution in [-0.4, -0.2) is 207 Å². The first-order valence-electron chi connectivity index (χ1n) is 32.6. The molecule has 9 rings (SSSR count). The molecule has 31 nitrogen and oxygen atoms in total. The molecule has 103 heavy (non-hydrogen) atoms. The zero-order valence-electron chi connectivity index (χ0n) is 57.0. The van der Waals surface area contributed by atoms with E-state index in [9.17, 15) is 62.6 Å². The van der Waals surface area contributed by atoms with E-state index in [4.69, 9.17) is 71.1 Å². The Bertz CT molecular complexity index is 3830. The third kappa shape index (κ3) is 19.9. The number of carboxylic acids is 1. The Labute approximate surface area is 589 Å². The predicted molar refractivity (Wildman–Crippen MR) is 349 cm³/mol. The number of carbonyl (C=O) groups is 12. The van der Waals surface area contributed by atoms with E-state index < -0.39 is 202 Å². The molecule has 1 aliphatic carbocycles. The summed E-state index contributed by atoms with van der Waals surface area (Å²) in [6.45, 7) is 5.43. The van der Waals surface area contributed by atoms with Crippen LogP contribution in [0.25, 0.3) is 11.1 Å². The van der Waals surface area contributed by atoms with Crippen LogP contribution in [0.4, 0.5) is 4.79 Å². The fourth-order valence-electron chi connectivity index (χ4n) is 12.3.